The number of nitrogens with zero attached hydrogens (tertiary/aromatic N) is 3. The molecule has 3 aromatic rings. The van der Waals surface area contributed by atoms with Gasteiger partial charge in [0.05, 0.1) is 19.6 Å². The topological polar surface area (TPSA) is 158 Å². The summed E-state index contributed by atoms with van der Waals surface area (Å²) in [6, 6.07) is 8.57. The number of amides is 3. The summed E-state index contributed by atoms with van der Waals surface area (Å²) in [4.78, 5) is 75.6. The number of fused-ring (bicyclic) bond motifs is 4. The van der Waals surface area contributed by atoms with E-state index < -0.39 is 58.3 Å². The van der Waals surface area contributed by atoms with Crippen molar-refractivity contribution in [3.05, 3.63) is 92.9 Å². The number of pyridine rings is 1. The number of carbonyl (C=O) groups is 4. The molecule has 2 aliphatic heterocycles. The third-order valence-corrected chi connectivity index (χ3v) is 11.3. The summed E-state index contributed by atoms with van der Waals surface area (Å²) in [5, 5.41) is 9.45. The predicted molar refractivity (Wildman–Crippen MR) is 239 cm³/mol. The Morgan fingerprint density at radius 1 is 0.889 bits per heavy atom. The molecular weight excluding hydrogens is 813 g/mol. The molecule has 1 aromatic heterocycles. The van der Waals surface area contributed by atoms with E-state index in [9.17, 15) is 32.8 Å². The van der Waals surface area contributed by atoms with E-state index in [0.29, 0.717) is 36.6 Å². The van der Waals surface area contributed by atoms with Crippen LogP contribution in [0, 0.1) is 11.6 Å². The van der Waals surface area contributed by atoms with E-state index in [-0.39, 0.29) is 48.6 Å². The first-order valence-electron chi connectivity index (χ1n) is 22.6. The van der Waals surface area contributed by atoms with Gasteiger partial charge < -0.3 is 34.4 Å². The largest absolute Gasteiger partial charge is 0.482 e. The lowest BCUT2D eigenvalue weighted by Gasteiger charge is -2.38. The lowest BCUT2D eigenvalue weighted by atomic mass is 10.0. The van der Waals surface area contributed by atoms with Gasteiger partial charge in [-0.15, -0.1) is 0 Å². The van der Waals surface area contributed by atoms with E-state index in [1.54, 1.807) is 36.1 Å². The molecule has 3 heterocycles. The highest BCUT2D eigenvalue weighted by molar-refractivity contribution is 6.00. The van der Waals surface area contributed by atoms with Gasteiger partial charge in [0.1, 0.15) is 23.3 Å². The van der Waals surface area contributed by atoms with E-state index in [0.717, 1.165) is 25.3 Å². The monoisotopic (exact) mass is 877 g/mol. The van der Waals surface area contributed by atoms with E-state index in [2.05, 4.69) is 22.7 Å². The second-order valence-corrected chi connectivity index (χ2v) is 16.0. The molecule has 13 nitrogen and oxygen atoms in total. The first kappa shape index (κ1) is 50.0. The number of unbranched alkanes of at least 4 members (excludes halogenated alkanes) is 10. The number of halogens is 2. The second-order valence-electron chi connectivity index (χ2n) is 16.0. The Labute approximate surface area is 369 Å². The maximum absolute atomic E-state index is 14.4. The fraction of sp³-hybridized carbons (Fsp3) is 0.542. The van der Waals surface area contributed by atoms with Crippen molar-refractivity contribution in [3.63, 3.8) is 0 Å². The van der Waals surface area contributed by atoms with Crippen LogP contribution >= 0.6 is 0 Å². The Hall–Kier alpha value is -5.60. The van der Waals surface area contributed by atoms with Crippen molar-refractivity contribution < 1.29 is 42.3 Å². The zero-order valence-electron chi connectivity index (χ0n) is 37.7. The Morgan fingerprint density at radius 3 is 2.17 bits per heavy atom. The van der Waals surface area contributed by atoms with Gasteiger partial charge in [0.15, 0.2) is 5.69 Å². The normalized spacial score (nSPS) is 16.8. The van der Waals surface area contributed by atoms with Crippen molar-refractivity contribution in [2.24, 2.45) is 5.16 Å². The molecule has 63 heavy (non-hydrogen) atoms. The molecule has 2 aliphatic rings. The Balaban J connectivity index is 0.00000429. The van der Waals surface area contributed by atoms with Crippen LogP contribution in [0.1, 0.15) is 163 Å². The molecule has 2 bridgehead atoms. The number of oxime groups is 1. The third-order valence-electron chi connectivity index (χ3n) is 11.3. The van der Waals surface area contributed by atoms with E-state index >= 15 is 0 Å². The molecular formula is C48H65F2N5O8. The highest BCUT2D eigenvalue weighted by atomic mass is 19.1. The summed E-state index contributed by atoms with van der Waals surface area (Å²) in [7, 11) is 1.44. The Morgan fingerprint density at radius 2 is 1.54 bits per heavy atom. The van der Waals surface area contributed by atoms with Gasteiger partial charge >= 0.3 is 5.97 Å². The van der Waals surface area contributed by atoms with E-state index in [1.807, 2.05) is 20.8 Å². The van der Waals surface area contributed by atoms with Crippen LogP contribution in [0.3, 0.4) is 0 Å². The fourth-order valence-electron chi connectivity index (χ4n) is 7.71. The maximum atomic E-state index is 14.4. The van der Waals surface area contributed by atoms with Crippen molar-refractivity contribution in [2.75, 3.05) is 19.0 Å². The summed E-state index contributed by atoms with van der Waals surface area (Å²) >= 11 is 0. The number of methoxy groups -OCH3 is 1. The van der Waals surface area contributed by atoms with Crippen molar-refractivity contribution >= 4 is 35.3 Å². The third kappa shape index (κ3) is 14.5. The average molecular weight is 878 g/mol. The second kappa shape index (κ2) is 25.5. The van der Waals surface area contributed by atoms with Gasteiger partial charge in [0, 0.05) is 56.0 Å². The van der Waals surface area contributed by atoms with Crippen LogP contribution in [0.2, 0.25) is 0 Å². The predicted octanol–water partition coefficient (Wildman–Crippen LogP) is 9.41. The molecule has 3 atom stereocenters. The van der Waals surface area contributed by atoms with Gasteiger partial charge in [-0.1, -0.05) is 108 Å². The highest BCUT2D eigenvalue weighted by Gasteiger charge is 2.44. The van der Waals surface area contributed by atoms with Crippen LogP contribution in [-0.2, 0) is 32.1 Å². The number of nitrogens with one attached hydrogen (secondary N) is 2. The lowest BCUT2D eigenvalue weighted by Crippen LogP contribution is -2.49. The molecule has 5 rings (SSSR count). The van der Waals surface area contributed by atoms with Gasteiger partial charge in [-0.25, -0.2) is 8.78 Å². The quantitative estimate of drug-likeness (QED) is 0.0352. The number of esters is 1. The lowest BCUT2D eigenvalue weighted by molar-refractivity contribution is -0.133. The number of ether oxygens (including phenoxy) is 2. The van der Waals surface area contributed by atoms with Crippen molar-refractivity contribution in [3.8, 4) is 5.75 Å². The number of hydrogen-bond donors (Lipinski definition) is 2. The minimum atomic E-state index is -1.03. The molecule has 0 spiro atoms. The van der Waals surface area contributed by atoms with Crippen molar-refractivity contribution in [2.45, 2.75) is 156 Å². The fourth-order valence-corrected chi connectivity index (χ4v) is 7.71. The number of carbonyl (C=O) groups excluding carboxylic acids is 4. The zero-order valence-corrected chi connectivity index (χ0v) is 37.7. The summed E-state index contributed by atoms with van der Waals surface area (Å²) in [6.07, 6.45) is 14.8. The number of hydrogen-bond acceptors (Lipinski definition) is 9. The molecule has 0 aliphatic carbocycles. The molecule has 1 saturated heterocycles. The molecule has 0 saturated carbocycles. The Bertz CT molecular complexity index is 2090. The summed E-state index contributed by atoms with van der Waals surface area (Å²) < 4.78 is 40.3. The van der Waals surface area contributed by atoms with Gasteiger partial charge in [0.2, 0.25) is 23.0 Å². The Kier molecular flexibility index (Phi) is 20.3. The summed E-state index contributed by atoms with van der Waals surface area (Å²) in [5.74, 6) is -4.56. The average Bonchev–Trinajstić information content (AvgIpc) is 3.41. The van der Waals surface area contributed by atoms with Crippen LogP contribution in [0.25, 0.3) is 0 Å². The minimum absolute atomic E-state index is 0.0298. The minimum Gasteiger partial charge on any atom is -0.482 e. The maximum Gasteiger partial charge on any atom is 0.315 e. The van der Waals surface area contributed by atoms with Gasteiger partial charge in [-0.05, 0) is 49.9 Å². The van der Waals surface area contributed by atoms with Crippen LogP contribution in [0.4, 0.5) is 14.5 Å². The molecule has 2 N–H and O–H groups in total. The zero-order chi connectivity index (χ0) is 45.9. The van der Waals surface area contributed by atoms with Crippen molar-refractivity contribution in [1.82, 2.24) is 14.8 Å². The first-order chi connectivity index (χ1) is 30.4. The molecule has 1 fully saturated rings. The molecule has 3 unspecified atom stereocenters. The summed E-state index contributed by atoms with van der Waals surface area (Å²) in [6.45, 7) is 9.44. The highest BCUT2D eigenvalue weighted by Crippen LogP contribution is 2.36. The standard InChI is InChI=1S/C46H59F2N5O8.C2H6/c1-5-6-7-8-9-10-11-12-13-14-15-16-40(54)50-35-22-18-32(19-23-35)25-41(55)60-44-42-46(58)52-29-38(39(24-17-30(52)2)61-51-31(3)59-4)53(42)28-36(43(44)56)45(57)49-27-33-20-21-34(47)26-37(33)48;1-2/h18-23,26,28,30,38-39H,5-17,24-25,27,29H2,1-4H3,(H,49,57)(H,50,54);1-2H3/b51-31+;. The molecule has 3 amide bonds. The van der Waals surface area contributed by atoms with E-state index in [1.165, 1.54) is 75.3 Å². The number of aromatic nitrogens is 1. The van der Waals surface area contributed by atoms with Gasteiger partial charge in [-0.2, -0.15) is 0 Å². The SMILES string of the molecule is CC.CCCCCCCCCCCCCC(=O)Nc1ccc(CC(=O)Oc2c3n(cc(C(=O)NCc4ccc(F)cc4F)c2=O)C2CN(C3=O)C(C)CCC2O/N=C(\C)OC)cc1. The molecule has 15 heteroatoms. The molecule has 344 valence electrons. The molecule has 0 radical (unpaired) electrons. The number of benzene rings is 2. The van der Waals surface area contributed by atoms with Gasteiger partial charge in [-0.3, -0.25) is 24.0 Å². The van der Waals surface area contributed by atoms with E-state index in [4.69, 9.17) is 14.3 Å². The molecule has 2 aromatic carbocycles. The summed E-state index contributed by atoms with van der Waals surface area (Å²) in [5.41, 5.74) is -0.695. The first-order valence-corrected chi connectivity index (χ1v) is 22.6. The van der Waals surface area contributed by atoms with Crippen LogP contribution < -0.4 is 20.8 Å². The number of rotatable bonds is 21. The van der Waals surface area contributed by atoms with Crippen LogP contribution in [0.15, 0.2) is 58.6 Å². The smallest absolute Gasteiger partial charge is 0.315 e. The van der Waals surface area contributed by atoms with Crippen LogP contribution in [0.5, 0.6) is 5.75 Å². The number of anilines is 1. The van der Waals surface area contributed by atoms with Gasteiger partial charge in [0.25, 0.3) is 11.8 Å². The van der Waals surface area contributed by atoms with Crippen molar-refractivity contribution in [1.29, 1.82) is 0 Å². The van der Waals surface area contributed by atoms with Crippen LogP contribution in [-0.4, -0.2) is 64.9 Å².